The van der Waals surface area contributed by atoms with E-state index in [2.05, 4.69) is 38.6 Å². The lowest BCUT2D eigenvalue weighted by Gasteiger charge is -2.04. The van der Waals surface area contributed by atoms with Crippen molar-refractivity contribution in [2.24, 2.45) is 7.05 Å². The Labute approximate surface area is 117 Å². The molecule has 1 N–H and O–H groups in total. The van der Waals surface area contributed by atoms with Crippen molar-refractivity contribution in [1.82, 2.24) is 25.1 Å². The van der Waals surface area contributed by atoms with Crippen LogP contribution in [0.15, 0.2) is 42.7 Å². The summed E-state index contributed by atoms with van der Waals surface area (Å²) in [4.78, 5) is 8.82. The number of hydrogen-bond acceptors (Lipinski definition) is 4. The number of aryl methyl sites for hydroxylation is 1. The average Bonchev–Trinajstić information content (AvgIpc) is 2.89. The fraction of sp³-hybridized carbons (Fsp3) is 0.267. The van der Waals surface area contributed by atoms with E-state index in [0.29, 0.717) is 0 Å². The van der Waals surface area contributed by atoms with Crippen molar-refractivity contribution < 1.29 is 0 Å². The minimum atomic E-state index is 0.762. The molecule has 0 fully saturated rings. The highest BCUT2D eigenvalue weighted by Crippen LogP contribution is 2.11. The van der Waals surface area contributed by atoms with Crippen molar-refractivity contribution in [1.29, 1.82) is 0 Å². The van der Waals surface area contributed by atoms with E-state index in [1.54, 1.807) is 11.0 Å². The van der Waals surface area contributed by atoms with Crippen LogP contribution in [0.2, 0.25) is 0 Å². The minimum Gasteiger partial charge on any atom is -0.311 e. The predicted octanol–water partition coefficient (Wildman–Crippen LogP) is 1.70. The molecule has 2 heterocycles. The van der Waals surface area contributed by atoms with Gasteiger partial charge in [0.15, 0.2) is 5.82 Å². The first-order valence-electron chi connectivity index (χ1n) is 6.71. The van der Waals surface area contributed by atoms with Crippen LogP contribution in [-0.2, 0) is 20.0 Å². The fourth-order valence-corrected chi connectivity index (χ4v) is 2.12. The van der Waals surface area contributed by atoms with Crippen LogP contribution in [0.5, 0.6) is 0 Å². The lowest BCUT2D eigenvalue weighted by molar-refractivity contribution is 0.654. The summed E-state index contributed by atoms with van der Waals surface area (Å²) in [6.07, 6.45) is 2.55. The molecule has 0 aliphatic carbocycles. The van der Waals surface area contributed by atoms with Gasteiger partial charge in [-0.25, -0.2) is 4.98 Å². The Balaban J connectivity index is 1.54. The van der Waals surface area contributed by atoms with Gasteiger partial charge < -0.3 is 5.32 Å². The van der Waals surface area contributed by atoms with Crippen LogP contribution in [0.4, 0.5) is 0 Å². The Morgan fingerprint density at radius 1 is 1.15 bits per heavy atom. The number of benzene rings is 1. The number of nitrogens with one attached hydrogen (secondary N) is 1. The Kier molecular flexibility index (Phi) is 3.69. The van der Waals surface area contributed by atoms with E-state index in [1.807, 2.05) is 25.2 Å². The average molecular weight is 267 g/mol. The molecular weight excluding hydrogens is 250 g/mol. The lowest BCUT2D eigenvalue weighted by Crippen LogP contribution is -2.18. The maximum Gasteiger partial charge on any atom is 0.151 e. The molecule has 3 rings (SSSR count). The van der Waals surface area contributed by atoms with Crippen molar-refractivity contribution in [2.45, 2.75) is 13.0 Å². The van der Waals surface area contributed by atoms with Crippen LogP contribution in [0.25, 0.3) is 10.9 Å². The van der Waals surface area contributed by atoms with Gasteiger partial charge in [0.05, 0.1) is 11.2 Å². The molecule has 0 atom stereocenters. The van der Waals surface area contributed by atoms with Crippen LogP contribution in [0.1, 0.15) is 11.5 Å². The third-order valence-electron chi connectivity index (χ3n) is 3.13. The van der Waals surface area contributed by atoms with E-state index in [0.717, 1.165) is 36.5 Å². The lowest BCUT2D eigenvalue weighted by atomic mass is 10.2. The van der Waals surface area contributed by atoms with Crippen LogP contribution in [0.3, 0.4) is 0 Å². The molecular formula is C15H17N5. The van der Waals surface area contributed by atoms with Crippen LogP contribution in [-0.4, -0.2) is 26.3 Å². The summed E-state index contributed by atoms with van der Waals surface area (Å²) in [5, 5.41) is 8.79. The maximum absolute atomic E-state index is 4.63. The second kappa shape index (κ2) is 5.79. The number of fused-ring (bicyclic) bond motifs is 1. The molecule has 0 amide bonds. The zero-order chi connectivity index (χ0) is 13.8. The molecule has 5 heteroatoms. The summed E-state index contributed by atoms with van der Waals surface area (Å²) >= 11 is 0. The van der Waals surface area contributed by atoms with Crippen molar-refractivity contribution in [3.05, 3.63) is 54.2 Å². The molecule has 1 aromatic carbocycles. The second-order valence-electron chi connectivity index (χ2n) is 4.76. The third kappa shape index (κ3) is 3.00. The van der Waals surface area contributed by atoms with Crippen LogP contribution < -0.4 is 5.32 Å². The maximum atomic E-state index is 4.63. The van der Waals surface area contributed by atoms with Crippen molar-refractivity contribution >= 4 is 10.9 Å². The van der Waals surface area contributed by atoms with E-state index in [4.69, 9.17) is 0 Å². The highest BCUT2D eigenvalue weighted by molar-refractivity contribution is 5.78. The van der Waals surface area contributed by atoms with Gasteiger partial charge in [0.1, 0.15) is 6.33 Å². The molecule has 0 bridgehead atoms. The molecule has 0 unspecified atom stereocenters. The van der Waals surface area contributed by atoms with Crippen LogP contribution in [0, 0.1) is 0 Å². The molecule has 0 saturated carbocycles. The van der Waals surface area contributed by atoms with Gasteiger partial charge in [0.25, 0.3) is 0 Å². The molecule has 0 radical (unpaired) electrons. The zero-order valence-corrected chi connectivity index (χ0v) is 11.5. The second-order valence-corrected chi connectivity index (χ2v) is 4.76. The molecule has 2 aromatic heterocycles. The SMILES string of the molecule is Cn1cnc(CCNCc2ccc3ccccc3n2)n1. The largest absolute Gasteiger partial charge is 0.311 e. The Bertz CT molecular complexity index is 704. The van der Waals surface area contributed by atoms with Gasteiger partial charge in [0.2, 0.25) is 0 Å². The van der Waals surface area contributed by atoms with Crippen molar-refractivity contribution in [3.8, 4) is 0 Å². The Hall–Kier alpha value is -2.27. The highest BCUT2D eigenvalue weighted by atomic mass is 15.3. The molecule has 0 saturated heterocycles. The molecule has 0 aliphatic heterocycles. The van der Waals surface area contributed by atoms with Gasteiger partial charge >= 0.3 is 0 Å². The van der Waals surface area contributed by atoms with E-state index >= 15 is 0 Å². The van der Waals surface area contributed by atoms with E-state index in [-0.39, 0.29) is 0 Å². The molecule has 0 spiro atoms. The number of pyridine rings is 1. The third-order valence-corrected chi connectivity index (χ3v) is 3.13. The number of hydrogen-bond donors (Lipinski definition) is 1. The molecule has 20 heavy (non-hydrogen) atoms. The van der Waals surface area contributed by atoms with Gasteiger partial charge in [-0.15, -0.1) is 0 Å². The van der Waals surface area contributed by atoms with Gasteiger partial charge in [-0.1, -0.05) is 24.3 Å². The van der Waals surface area contributed by atoms with E-state index in [9.17, 15) is 0 Å². The molecule has 3 aromatic rings. The first-order valence-corrected chi connectivity index (χ1v) is 6.71. The van der Waals surface area contributed by atoms with Crippen molar-refractivity contribution in [2.75, 3.05) is 6.54 Å². The quantitative estimate of drug-likeness (QED) is 0.715. The highest BCUT2D eigenvalue weighted by Gasteiger charge is 2.00. The standard InChI is InChI=1S/C15H17N5/c1-20-11-17-15(19-20)8-9-16-10-13-7-6-12-4-2-3-5-14(12)18-13/h2-7,11,16H,8-10H2,1H3. The molecule has 5 nitrogen and oxygen atoms in total. The predicted molar refractivity (Wildman–Crippen MR) is 78.2 cm³/mol. The first kappa shape index (κ1) is 12.7. The number of aromatic nitrogens is 4. The number of nitrogens with zero attached hydrogens (tertiary/aromatic N) is 4. The van der Waals surface area contributed by atoms with Gasteiger partial charge in [-0.3, -0.25) is 9.67 Å². The van der Waals surface area contributed by atoms with Crippen molar-refractivity contribution in [3.63, 3.8) is 0 Å². The number of rotatable bonds is 5. The van der Waals surface area contributed by atoms with E-state index < -0.39 is 0 Å². The summed E-state index contributed by atoms with van der Waals surface area (Å²) in [5.74, 6) is 0.867. The van der Waals surface area contributed by atoms with Crippen LogP contribution >= 0.6 is 0 Å². The van der Waals surface area contributed by atoms with E-state index in [1.165, 1.54) is 5.39 Å². The minimum absolute atomic E-state index is 0.762. The Morgan fingerprint density at radius 2 is 2.05 bits per heavy atom. The smallest absolute Gasteiger partial charge is 0.151 e. The monoisotopic (exact) mass is 267 g/mol. The molecule has 0 aliphatic rings. The first-order chi connectivity index (χ1) is 9.81. The fourth-order valence-electron chi connectivity index (χ4n) is 2.12. The van der Waals surface area contributed by atoms with Gasteiger partial charge in [-0.2, -0.15) is 5.10 Å². The topological polar surface area (TPSA) is 55.6 Å². The summed E-state index contributed by atoms with van der Waals surface area (Å²) in [7, 11) is 1.88. The zero-order valence-electron chi connectivity index (χ0n) is 11.5. The summed E-state index contributed by atoms with van der Waals surface area (Å²) < 4.78 is 1.72. The van der Waals surface area contributed by atoms with Gasteiger partial charge in [-0.05, 0) is 12.1 Å². The summed E-state index contributed by atoms with van der Waals surface area (Å²) in [6, 6.07) is 12.3. The van der Waals surface area contributed by atoms with Gasteiger partial charge in [0, 0.05) is 31.9 Å². The Morgan fingerprint density at radius 3 is 2.90 bits per heavy atom. The number of para-hydroxylation sites is 1. The normalized spacial score (nSPS) is 11.1. The summed E-state index contributed by atoms with van der Waals surface area (Å²) in [5.41, 5.74) is 2.09. The summed E-state index contributed by atoms with van der Waals surface area (Å²) in [6.45, 7) is 1.61. The molecule has 102 valence electrons.